The van der Waals surface area contributed by atoms with Crippen LogP contribution in [0.2, 0.25) is 0 Å². The van der Waals surface area contributed by atoms with Crippen molar-refractivity contribution in [3.05, 3.63) is 90.0 Å². The monoisotopic (exact) mass is 460 g/mol. The van der Waals surface area contributed by atoms with Crippen molar-refractivity contribution in [2.45, 2.75) is 31.5 Å². The molecule has 4 rings (SSSR count). The number of amides is 1. The number of nitrogens with one attached hydrogen (secondary N) is 1. The number of ether oxygens (including phenoxy) is 2. The van der Waals surface area contributed by atoms with Crippen LogP contribution in [0.1, 0.15) is 17.5 Å². The molecular weight excluding hydrogens is 432 g/mol. The van der Waals surface area contributed by atoms with Gasteiger partial charge in [0.05, 0.1) is 19.3 Å². The average Bonchev–Trinajstić information content (AvgIpc) is 2.99. The molecule has 176 valence electrons. The molecule has 0 aliphatic carbocycles. The van der Waals surface area contributed by atoms with Crippen molar-refractivity contribution >= 4 is 17.6 Å². The first-order valence-corrected chi connectivity index (χ1v) is 11.2. The topological polar surface area (TPSA) is 88.1 Å². The largest absolute Gasteiger partial charge is 0.497 e. The second kappa shape index (κ2) is 10.9. The Balaban J connectivity index is 1.54. The summed E-state index contributed by atoms with van der Waals surface area (Å²) >= 11 is 0. The maximum absolute atomic E-state index is 13.6. The minimum Gasteiger partial charge on any atom is -0.497 e. The maximum atomic E-state index is 13.6. The number of para-hydroxylation sites is 2. The number of aliphatic carboxylic acids is 1. The SMILES string of the molecule is COc1ccc(CN2C(=O)C(N[C@@H](CCc3ccccc3)C(=O)O)COc3ccccc32)cc1. The predicted molar refractivity (Wildman–Crippen MR) is 129 cm³/mol. The maximum Gasteiger partial charge on any atom is 0.320 e. The quantitative estimate of drug-likeness (QED) is 0.507. The number of carbonyl (C=O) groups is 2. The van der Waals surface area contributed by atoms with Gasteiger partial charge in [0.2, 0.25) is 5.91 Å². The standard InChI is InChI=1S/C27H28N2O5/c1-33-21-14-11-20(12-15-21)17-29-24-9-5-6-10-25(24)34-18-23(26(29)30)28-22(27(31)32)16-13-19-7-3-2-4-8-19/h2-12,14-15,22-23,28H,13,16-18H2,1H3,(H,31,32)/t22-,23?/m0/s1. The minimum atomic E-state index is -0.993. The highest BCUT2D eigenvalue weighted by Gasteiger charge is 2.34. The first-order chi connectivity index (χ1) is 16.5. The van der Waals surface area contributed by atoms with Gasteiger partial charge in [-0.3, -0.25) is 14.9 Å². The Kier molecular flexibility index (Phi) is 7.44. The third kappa shape index (κ3) is 5.55. The Morgan fingerprint density at radius 1 is 1.06 bits per heavy atom. The van der Waals surface area contributed by atoms with Crippen molar-refractivity contribution in [1.82, 2.24) is 5.32 Å². The smallest absolute Gasteiger partial charge is 0.320 e. The van der Waals surface area contributed by atoms with Crippen LogP contribution in [0.4, 0.5) is 5.69 Å². The lowest BCUT2D eigenvalue weighted by Crippen LogP contribution is -2.53. The van der Waals surface area contributed by atoms with Crippen molar-refractivity contribution in [1.29, 1.82) is 0 Å². The molecule has 3 aromatic carbocycles. The van der Waals surface area contributed by atoms with E-state index in [0.29, 0.717) is 30.8 Å². The van der Waals surface area contributed by atoms with E-state index in [4.69, 9.17) is 9.47 Å². The Hall–Kier alpha value is -3.84. The van der Waals surface area contributed by atoms with Crippen LogP contribution < -0.4 is 19.7 Å². The number of benzene rings is 3. The van der Waals surface area contributed by atoms with Crippen LogP contribution in [0.25, 0.3) is 0 Å². The summed E-state index contributed by atoms with van der Waals surface area (Å²) in [5.41, 5.74) is 2.62. The van der Waals surface area contributed by atoms with Crippen molar-refractivity contribution in [3.8, 4) is 11.5 Å². The number of fused-ring (bicyclic) bond motifs is 1. The van der Waals surface area contributed by atoms with E-state index in [2.05, 4.69) is 5.32 Å². The molecule has 34 heavy (non-hydrogen) atoms. The lowest BCUT2D eigenvalue weighted by molar-refractivity contribution is -0.140. The molecule has 3 aromatic rings. The van der Waals surface area contributed by atoms with Crippen LogP contribution in [-0.2, 0) is 22.6 Å². The minimum absolute atomic E-state index is 0.0457. The van der Waals surface area contributed by atoms with Gasteiger partial charge in [-0.1, -0.05) is 54.6 Å². The Labute approximate surface area is 198 Å². The van der Waals surface area contributed by atoms with E-state index in [1.165, 1.54) is 0 Å². The summed E-state index contributed by atoms with van der Waals surface area (Å²) in [7, 11) is 1.61. The van der Waals surface area contributed by atoms with E-state index in [9.17, 15) is 14.7 Å². The molecule has 7 nitrogen and oxygen atoms in total. The molecule has 1 aliphatic heterocycles. The molecule has 0 radical (unpaired) electrons. The van der Waals surface area contributed by atoms with Crippen LogP contribution in [0.3, 0.4) is 0 Å². The van der Waals surface area contributed by atoms with Crippen molar-refractivity contribution < 1.29 is 24.2 Å². The van der Waals surface area contributed by atoms with Crippen molar-refractivity contribution in [3.63, 3.8) is 0 Å². The third-order valence-electron chi connectivity index (χ3n) is 5.89. The van der Waals surface area contributed by atoms with Crippen LogP contribution in [-0.4, -0.2) is 42.8 Å². The number of nitrogens with zero attached hydrogens (tertiary/aromatic N) is 1. The highest BCUT2D eigenvalue weighted by atomic mass is 16.5. The molecule has 0 spiro atoms. The zero-order valence-electron chi connectivity index (χ0n) is 19.0. The summed E-state index contributed by atoms with van der Waals surface area (Å²) in [4.78, 5) is 27.3. The molecule has 0 saturated carbocycles. The molecule has 1 amide bonds. The summed E-state index contributed by atoms with van der Waals surface area (Å²) < 4.78 is 11.2. The number of aryl methyl sites for hydroxylation is 1. The van der Waals surface area contributed by atoms with Gasteiger partial charge < -0.3 is 19.5 Å². The fourth-order valence-electron chi connectivity index (χ4n) is 4.03. The normalized spacial score (nSPS) is 16.2. The van der Waals surface area contributed by atoms with E-state index in [0.717, 1.165) is 16.9 Å². The Bertz CT molecular complexity index is 1120. The van der Waals surface area contributed by atoms with Gasteiger partial charge in [0.1, 0.15) is 30.2 Å². The lowest BCUT2D eigenvalue weighted by atomic mass is 10.0. The van der Waals surface area contributed by atoms with Gasteiger partial charge >= 0.3 is 5.97 Å². The van der Waals surface area contributed by atoms with E-state index in [1.54, 1.807) is 12.0 Å². The molecule has 0 bridgehead atoms. The van der Waals surface area contributed by atoms with Crippen LogP contribution in [0, 0.1) is 0 Å². The predicted octanol–water partition coefficient (Wildman–Crippen LogP) is 3.67. The van der Waals surface area contributed by atoms with Gasteiger partial charge in [-0.15, -0.1) is 0 Å². The number of anilines is 1. The van der Waals surface area contributed by atoms with E-state index < -0.39 is 18.1 Å². The summed E-state index contributed by atoms with van der Waals surface area (Å²) in [6.07, 6.45) is 0.941. The summed E-state index contributed by atoms with van der Waals surface area (Å²) in [5, 5.41) is 12.9. The molecule has 1 aliphatic rings. The zero-order valence-corrected chi connectivity index (χ0v) is 19.0. The first kappa shape index (κ1) is 23.3. The summed E-state index contributed by atoms with van der Waals surface area (Å²) in [5.74, 6) is 0.0979. The number of carboxylic acids is 1. The highest BCUT2D eigenvalue weighted by Crippen LogP contribution is 2.32. The molecule has 2 N–H and O–H groups in total. The highest BCUT2D eigenvalue weighted by molar-refractivity contribution is 5.99. The number of carboxylic acid groups (broad SMARTS) is 1. The second-order valence-corrected chi connectivity index (χ2v) is 8.19. The van der Waals surface area contributed by atoms with Crippen molar-refractivity contribution in [2.75, 3.05) is 18.6 Å². The van der Waals surface area contributed by atoms with Gasteiger partial charge in [-0.25, -0.2) is 0 Å². The third-order valence-corrected chi connectivity index (χ3v) is 5.89. The summed E-state index contributed by atoms with van der Waals surface area (Å²) in [6.45, 7) is 0.368. The number of carbonyl (C=O) groups excluding carboxylic acids is 1. The van der Waals surface area contributed by atoms with Gasteiger partial charge in [0.15, 0.2) is 0 Å². The number of hydrogen-bond donors (Lipinski definition) is 2. The van der Waals surface area contributed by atoms with Gasteiger partial charge in [-0.2, -0.15) is 0 Å². The van der Waals surface area contributed by atoms with Crippen molar-refractivity contribution in [2.24, 2.45) is 0 Å². The summed E-state index contributed by atoms with van der Waals surface area (Å²) in [6, 6.07) is 22.9. The fourth-order valence-corrected chi connectivity index (χ4v) is 4.03. The fraction of sp³-hybridized carbons (Fsp3) is 0.259. The van der Waals surface area contributed by atoms with Crippen LogP contribution in [0.5, 0.6) is 11.5 Å². The van der Waals surface area contributed by atoms with E-state index in [1.807, 2.05) is 78.9 Å². The van der Waals surface area contributed by atoms with Gasteiger partial charge in [0.25, 0.3) is 0 Å². The molecule has 1 heterocycles. The van der Waals surface area contributed by atoms with Crippen LogP contribution >= 0.6 is 0 Å². The average molecular weight is 461 g/mol. The molecule has 7 heteroatoms. The number of methoxy groups -OCH3 is 1. The number of rotatable bonds is 9. The second-order valence-electron chi connectivity index (χ2n) is 8.19. The molecule has 1 unspecified atom stereocenters. The number of hydrogen-bond acceptors (Lipinski definition) is 5. The Morgan fingerprint density at radius 2 is 1.76 bits per heavy atom. The molecular formula is C27H28N2O5. The first-order valence-electron chi connectivity index (χ1n) is 11.2. The lowest BCUT2D eigenvalue weighted by Gasteiger charge is -2.26. The zero-order chi connectivity index (χ0) is 23.9. The molecule has 0 fully saturated rings. The van der Waals surface area contributed by atoms with Gasteiger partial charge in [-0.05, 0) is 48.2 Å². The Morgan fingerprint density at radius 3 is 2.47 bits per heavy atom. The van der Waals surface area contributed by atoms with Crippen LogP contribution in [0.15, 0.2) is 78.9 Å². The van der Waals surface area contributed by atoms with E-state index in [-0.39, 0.29) is 12.5 Å². The molecule has 2 atom stereocenters. The van der Waals surface area contributed by atoms with Gasteiger partial charge in [0, 0.05) is 0 Å². The van der Waals surface area contributed by atoms with E-state index >= 15 is 0 Å². The molecule has 0 aromatic heterocycles. The molecule has 0 saturated heterocycles.